The number of carbonyl (C=O) groups excluding carboxylic acids is 4. The van der Waals surface area contributed by atoms with Crippen LogP contribution in [0.2, 0.25) is 0 Å². The van der Waals surface area contributed by atoms with Crippen molar-refractivity contribution in [2.75, 3.05) is 7.11 Å². The van der Waals surface area contributed by atoms with Crippen molar-refractivity contribution in [2.45, 2.75) is 48.1 Å². The van der Waals surface area contributed by atoms with Crippen LogP contribution in [0.5, 0.6) is 5.75 Å². The first kappa shape index (κ1) is 34.0. The fourth-order valence-corrected chi connectivity index (χ4v) is 7.80. The van der Waals surface area contributed by atoms with E-state index >= 15 is 0 Å². The number of benzene rings is 3. The highest BCUT2D eigenvalue weighted by atomic mass is 32.2. The van der Waals surface area contributed by atoms with Crippen molar-refractivity contribution in [2.24, 2.45) is 0 Å². The fraction of sp³-hybridized carbons (Fsp3) is 0.265. The zero-order valence-corrected chi connectivity index (χ0v) is 27.5. The maximum absolute atomic E-state index is 14.3. The number of fused-ring (bicyclic) bond motifs is 2. The van der Waals surface area contributed by atoms with Gasteiger partial charge in [-0.25, -0.2) is 19.0 Å². The monoisotopic (exact) mass is 702 g/mol. The third-order valence-corrected chi connectivity index (χ3v) is 10.0. The normalized spacial score (nSPS) is 20.2. The Labute approximate surface area is 287 Å². The smallest absolute Gasteiger partial charge is 0.480 e. The molecule has 1 aromatic heterocycles. The number of aliphatic carboxylic acids is 1. The maximum Gasteiger partial charge on any atom is 0.513 e. The molecular weight excluding hydrogens is 672 g/mol. The molecule has 6 rings (SSSR count). The molecule has 258 valence electrons. The molecule has 2 aliphatic rings. The molecule has 16 heteroatoms. The highest BCUT2D eigenvalue weighted by Gasteiger charge is 2.64. The summed E-state index contributed by atoms with van der Waals surface area (Å²) in [4.78, 5) is 93.7. The van der Waals surface area contributed by atoms with Gasteiger partial charge in [-0.2, -0.15) is 0 Å². The fourth-order valence-electron chi connectivity index (χ4n) is 6.18. The lowest BCUT2D eigenvalue weighted by Crippen LogP contribution is -2.71. The van der Waals surface area contributed by atoms with E-state index in [1.165, 1.54) is 47.0 Å². The van der Waals surface area contributed by atoms with E-state index < -0.39 is 75.4 Å². The van der Waals surface area contributed by atoms with E-state index in [1.807, 2.05) is 0 Å². The summed E-state index contributed by atoms with van der Waals surface area (Å²) in [6.45, 7) is 3.41. The summed E-state index contributed by atoms with van der Waals surface area (Å²) < 4.78 is 14.7. The lowest BCUT2D eigenvalue weighted by molar-refractivity contribution is -0.161. The van der Waals surface area contributed by atoms with Gasteiger partial charge >= 0.3 is 17.9 Å². The van der Waals surface area contributed by atoms with Crippen LogP contribution in [0.4, 0.5) is 4.79 Å². The van der Waals surface area contributed by atoms with Crippen molar-refractivity contribution >= 4 is 52.6 Å². The molecule has 2 unspecified atom stereocenters. The van der Waals surface area contributed by atoms with Crippen molar-refractivity contribution in [3.05, 3.63) is 111 Å². The van der Waals surface area contributed by atoms with E-state index in [9.17, 15) is 38.7 Å². The van der Waals surface area contributed by atoms with Gasteiger partial charge in [-0.3, -0.25) is 19.2 Å². The van der Waals surface area contributed by atoms with E-state index in [0.29, 0.717) is 10.1 Å². The van der Waals surface area contributed by atoms with Crippen LogP contribution in [0.1, 0.15) is 37.1 Å². The average molecular weight is 703 g/mol. The number of carboxylic acid groups (broad SMARTS) is 1. The van der Waals surface area contributed by atoms with Gasteiger partial charge in [0.05, 0.1) is 12.5 Å². The number of amides is 3. The number of nitrogens with zero attached hydrogens (tertiary/aromatic N) is 2. The highest BCUT2D eigenvalue weighted by molar-refractivity contribution is 8.01. The number of hydrogen-bond donors (Lipinski definition) is 3. The summed E-state index contributed by atoms with van der Waals surface area (Å²) in [7, 11) is 1.07. The van der Waals surface area contributed by atoms with Gasteiger partial charge in [-0.15, -0.1) is 11.8 Å². The molecule has 3 amide bonds. The van der Waals surface area contributed by atoms with Crippen molar-refractivity contribution in [1.29, 1.82) is 0 Å². The minimum absolute atomic E-state index is 0.193. The molecule has 0 saturated carbocycles. The molecule has 2 saturated heterocycles. The highest BCUT2D eigenvalue weighted by Crippen LogP contribution is 2.50. The number of carbonyl (C=O) groups is 5. The number of carboxylic acids is 1. The summed E-state index contributed by atoms with van der Waals surface area (Å²) in [5.41, 5.74) is -0.790. The van der Waals surface area contributed by atoms with Crippen LogP contribution < -0.4 is 26.7 Å². The third kappa shape index (κ3) is 5.97. The van der Waals surface area contributed by atoms with Crippen molar-refractivity contribution in [1.82, 2.24) is 20.1 Å². The standard InChI is InChI=1S/C34H30N4O11S/c1-34(2)25(31(43)44)38-29(42)22(30(38)50-34)36-26(39)21(17-11-6-4-7-12-17)35-27(40)23(18-13-8-5-9-14-18)37-28(41)19-15-10-16-20(48-33(46)47-3)24(19)49-32(37)45/h4-16,21-23,25,30H,1-3H3,(H,35,40)(H,36,39)(H,43,44)/t21-,22-,23-,25?,30?/m1/s1. The van der Waals surface area contributed by atoms with Crippen molar-refractivity contribution < 1.29 is 43.0 Å². The molecule has 50 heavy (non-hydrogen) atoms. The largest absolute Gasteiger partial charge is 0.513 e. The molecule has 3 N–H and O–H groups in total. The number of rotatable bonds is 9. The molecule has 2 fully saturated rings. The number of nitrogens with one attached hydrogen (secondary N) is 2. The van der Waals surface area contributed by atoms with Crippen LogP contribution in [0.3, 0.4) is 0 Å². The van der Waals surface area contributed by atoms with Gasteiger partial charge in [0.25, 0.3) is 5.56 Å². The van der Waals surface area contributed by atoms with E-state index in [-0.39, 0.29) is 22.3 Å². The SMILES string of the molecule is COC(=O)Oc1cccc2c(=O)n([C@@H](C(=O)N[C@@H](C(=O)N[C@@H]3C(=O)N4C3SC(C)(C)C4C(=O)O)c3ccccc3)c3ccccc3)c(=O)oc12. The van der Waals surface area contributed by atoms with E-state index in [4.69, 9.17) is 9.15 Å². The van der Waals surface area contributed by atoms with Gasteiger partial charge < -0.3 is 34.5 Å². The van der Waals surface area contributed by atoms with Crippen molar-refractivity contribution in [3.8, 4) is 5.75 Å². The number of hydrogen-bond acceptors (Lipinski definition) is 11. The van der Waals surface area contributed by atoms with Crippen LogP contribution >= 0.6 is 11.8 Å². The first-order chi connectivity index (χ1) is 23.8. The maximum atomic E-state index is 14.3. The van der Waals surface area contributed by atoms with Gasteiger partial charge in [0.15, 0.2) is 11.3 Å². The Balaban J connectivity index is 1.36. The predicted octanol–water partition coefficient (Wildman–Crippen LogP) is 2.18. The van der Waals surface area contributed by atoms with Gasteiger partial charge in [-0.05, 0) is 37.1 Å². The first-order valence-electron chi connectivity index (χ1n) is 15.2. The topological polar surface area (TPSA) is 204 Å². The Morgan fingerprint density at radius 1 is 0.900 bits per heavy atom. The second kappa shape index (κ2) is 13.2. The first-order valence-corrected chi connectivity index (χ1v) is 16.1. The summed E-state index contributed by atoms with van der Waals surface area (Å²) in [6, 6.07) is 14.7. The second-order valence-electron chi connectivity index (χ2n) is 12.0. The Bertz CT molecular complexity index is 2130. The second-order valence-corrected chi connectivity index (χ2v) is 13.8. The molecule has 0 spiro atoms. The van der Waals surface area contributed by atoms with Crippen molar-refractivity contribution in [3.63, 3.8) is 0 Å². The molecule has 15 nitrogen and oxygen atoms in total. The molecule has 5 atom stereocenters. The zero-order chi connectivity index (χ0) is 35.9. The Morgan fingerprint density at radius 2 is 1.54 bits per heavy atom. The van der Waals surface area contributed by atoms with E-state index in [0.717, 1.165) is 7.11 Å². The quantitative estimate of drug-likeness (QED) is 0.131. The van der Waals surface area contributed by atoms with Crippen LogP contribution in [0, 0.1) is 0 Å². The summed E-state index contributed by atoms with van der Waals surface area (Å²) >= 11 is 1.24. The molecule has 3 heterocycles. The lowest BCUT2D eigenvalue weighted by Gasteiger charge is -2.44. The summed E-state index contributed by atoms with van der Waals surface area (Å²) in [6.07, 6.45) is -1.12. The minimum Gasteiger partial charge on any atom is -0.480 e. The van der Waals surface area contributed by atoms with E-state index in [2.05, 4.69) is 15.4 Å². The number of para-hydroxylation sites is 1. The number of ether oxygens (including phenoxy) is 2. The Hall–Kier alpha value is -5.90. The van der Waals surface area contributed by atoms with Crippen LogP contribution in [0.25, 0.3) is 11.0 Å². The Kier molecular flexibility index (Phi) is 8.96. The molecule has 3 aromatic carbocycles. The number of methoxy groups -OCH3 is 1. The molecular formula is C34H30N4O11S. The van der Waals surface area contributed by atoms with Gasteiger partial charge in [0.1, 0.15) is 29.5 Å². The predicted molar refractivity (Wildman–Crippen MR) is 177 cm³/mol. The van der Waals surface area contributed by atoms with Gasteiger partial charge in [0.2, 0.25) is 17.7 Å². The molecule has 4 aromatic rings. The van der Waals surface area contributed by atoms with Crippen LogP contribution in [-0.4, -0.2) is 73.7 Å². The minimum atomic E-state index is -1.66. The third-order valence-electron chi connectivity index (χ3n) is 8.45. The molecule has 0 aliphatic carbocycles. The molecule has 0 bridgehead atoms. The van der Waals surface area contributed by atoms with Crippen LogP contribution in [-0.2, 0) is 23.9 Å². The van der Waals surface area contributed by atoms with Gasteiger partial charge in [-0.1, -0.05) is 66.7 Å². The molecule has 0 radical (unpaired) electrons. The molecule has 2 aliphatic heterocycles. The average Bonchev–Trinajstić information content (AvgIpc) is 3.36. The van der Waals surface area contributed by atoms with Crippen LogP contribution in [0.15, 0.2) is 92.9 Å². The summed E-state index contributed by atoms with van der Waals surface area (Å²) in [5.74, 6) is -4.99. The Morgan fingerprint density at radius 3 is 2.16 bits per heavy atom. The lowest BCUT2D eigenvalue weighted by atomic mass is 9.95. The summed E-state index contributed by atoms with van der Waals surface area (Å²) in [5, 5.41) is 14.2. The number of β-lactam (4-membered cyclic amide) rings is 1. The number of thioether (sulfide) groups is 1. The van der Waals surface area contributed by atoms with E-state index in [1.54, 1.807) is 62.4 Å². The van der Waals surface area contributed by atoms with Gasteiger partial charge in [0, 0.05) is 4.75 Å². The zero-order valence-electron chi connectivity index (χ0n) is 26.7. The number of aromatic nitrogens is 1.